The van der Waals surface area contributed by atoms with Crippen molar-refractivity contribution < 1.29 is 14.3 Å². The van der Waals surface area contributed by atoms with Gasteiger partial charge in [0, 0.05) is 33.2 Å². The van der Waals surface area contributed by atoms with Gasteiger partial charge >= 0.3 is 6.09 Å². The summed E-state index contributed by atoms with van der Waals surface area (Å²) in [5, 5.41) is 7.00. The molecule has 0 aliphatic rings. The standard InChI is InChI=1S/C15H28N4O3S/c1-10(17-14(20)22-15(2,3)4)8-16-9-11-12(21-7)18-13(23-11)19(5)6/h10,16H,8-9H2,1-7H3,(H,17,20). The minimum atomic E-state index is -0.490. The lowest BCUT2D eigenvalue weighted by molar-refractivity contribution is 0.0508. The van der Waals surface area contributed by atoms with Crippen LogP contribution >= 0.6 is 11.3 Å². The van der Waals surface area contributed by atoms with E-state index in [-0.39, 0.29) is 6.04 Å². The number of carbonyl (C=O) groups is 1. The number of carbonyl (C=O) groups excluding carboxylic acids is 1. The summed E-state index contributed by atoms with van der Waals surface area (Å²) in [6.07, 6.45) is -0.405. The molecule has 0 aliphatic heterocycles. The molecule has 0 saturated heterocycles. The first-order valence-electron chi connectivity index (χ1n) is 7.53. The van der Waals surface area contributed by atoms with E-state index in [4.69, 9.17) is 9.47 Å². The average molecular weight is 344 g/mol. The third-order valence-corrected chi connectivity index (χ3v) is 3.93. The Hall–Kier alpha value is -1.54. The Balaban J connectivity index is 2.43. The van der Waals surface area contributed by atoms with Crippen LogP contribution in [0, 0.1) is 0 Å². The first-order valence-corrected chi connectivity index (χ1v) is 8.35. The largest absolute Gasteiger partial charge is 0.480 e. The van der Waals surface area contributed by atoms with Gasteiger partial charge in [-0.25, -0.2) is 4.79 Å². The van der Waals surface area contributed by atoms with Gasteiger partial charge in [0.1, 0.15) is 5.60 Å². The van der Waals surface area contributed by atoms with Gasteiger partial charge in [0.25, 0.3) is 0 Å². The maximum atomic E-state index is 11.7. The van der Waals surface area contributed by atoms with Crippen LogP contribution in [0.5, 0.6) is 5.88 Å². The number of ether oxygens (including phenoxy) is 2. The summed E-state index contributed by atoms with van der Waals surface area (Å²) in [7, 11) is 5.51. The van der Waals surface area contributed by atoms with E-state index in [1.807, 2.05) is 46.7 Å². The Bertz CT molecular complexity index is 511. The van der Waals surface area contributed by atoms with E-state index >= 15 is 0 Å². The number of hydrogen-bond donors (Lipinski definition) is 2. The van der Waals surface area contributed by atoms with Crippen LogP contribution in [0.25, 0.3) is 0 Å². The Kier molecular flexibility index (Phi) is 7.08. The number of amides is 1. The molecule has 0 aliphatic carbocycles. The number of rotatable bonds is 7. The lowest BCUT2D eigenvalue weighted by Crippen LogP contribution is -2.42. The summed E-state index contributed by atoms with van der Waals surface area (Å²) < 4.78 is 10.5. The molecule has 1 atom stereocenters. The number of hydrogen-bond acceptors (Lipinski definition) is 7. The van der Waals surface area contributed by atoms with Crippen LogP contribution in [0.3, 0.4) is 0 Å². The third kappa shape index (κ3) is 7.04. The van der Waals surface area contributed by atoms with Gasteiger partial charge in [-0.2, -0.15) is 4.98 Å². The Morgan fingerprint density at radius 3 is 2.57 bits per heavy atom. The zero-order valence-corrected chi connectivity index (χ0v) is 15.8. The molecule has 1 aromatic rings. The molecule has 0 spiro atoms. The van der Waals surface area contributed by atoms with Gasteiger partial charge in [-0.15, -0.1) is 0 Å². The highest BCUT2D eigenvalue weighted by Crippen LogP contribution is 2.30. The smallest absolute Gasteiger partial charge is 0.407 e. The second kappa shape index (κ2) is 8.35. The van der Waals surface area contributed by atoms with Gasteiger partial charge in [-0.05, 0) is 27.7 Å². The second-order valence-electron chi connectivity index (χ2n) is 6.50. The number of nitrogens with zero attached hydrogens (tertiary/aromatic N) is 2. The van der Waals surface area contributed by atoms with Crippen molar-refractivity contribution in [1.82, 2.24) is 15.6 Å². The van der Waals surface area contributed by atoms with Crippen molar-refractivity contribution in [2.24, 2.45) is 0 Å². The van der Waals surface area contributed by atoms with Gasteiger partial charge in [0.15, 0.2) is 5.13 Å². The van der Waals surface area contributed by atoms with Crippen LogP contribution in [0.4, 0.5) is 9.93 Å². The SMILES string of the molecule is COc1nc(N(C)C)sc1CNCC(C)NC(=O)OC(C)(C)C. The molecule has 1 amide bonds. The first-order chi connectivity index (χ1) is 10.6. The quantitative estimate of drug-likeness (QED) is 0.790. The van der Waals surface area contributed by atoms with E-state index < -0.39 is 11.7 Å². The molecule has 23 heavy (non-hydrogen) atoms. The predicted octanol–water partition coefficient (Wildman–Crippen LogP) is 2.22. The molecule has 0 bridgehead atoms. The van der Waals surface area contributed by atoms with E-state index in [9.17, 15) is 4.79 Å². The van der Waals surface area contributed by atoms with Crippen LogP contribution in [0.1, 0.15) is 32.6 Å². The molecule has 0 aromatic carbocycles. The van der Waals surface area contributed by atoms with Crippen molar-refractivity contribution in [3.05, 3.63) is 4.88 Å². The van der Waals surface area contributed by atoms with Crippen molar-refractivity contribution in [3.63, 3.8) is 0 Å². The normalized spacial score (nSPS) is 12.7. The Labute approximate surface area is 142 Å². The molecular weight excluding hydrogens is 316 g/mol. The van der Waals surface area contributed by atoms with E-state index in [0.29, 0.717) is 19.0 Å². The predicted molar refractivity (Wildman–Crippen MR) is 93.5 cm³/mol. The highest BCUT2D eigenvalue weighted by Gasteiger charge is 2.18. The number of alkyl carbamates (subject to hydrolysis) is 1. The van der Waals surface area contributed by atoms with Crippen molar-refractivity contribution in [3.8, 4) is 5.88 Å². The molecule has 132 valence electrons. The van der Waals surface area contributed by atoms with Crippen molar-refractivity contribution >= 4 is 22.6 Å². The van der Waals surface area contributed by atoms with E-state index in [0.717, 1.165) is 10.0 Å². The average Bonchev–Trinajstić information content (AvgIpc) is 2.79. The van der Waals surface area contributed by atoms with Gasteiger partial charge in [-0.3, -0.25) is 0 Å². The van der Waals surface area contributed by atoms with Crippen LogP contribution < -0.4 is 20.3 Å². The molecule has 0 radical (unpaired) electrons. The molecule has 1 heterocycles. The molecule has 1 rings (SSSR count). The summed E-state index contributed by atoms with van der Waals surface area (Å²) in [6, 6.07) is -0.0444. The molecule has 0 saturated carbocycles. The first kappa shape index (κ1) is 19.5. The van der Waals surface area contributed by atoms with Crippen LogP contribution in [-0.2, 0) is 11.3 Å². The highest BCUT2D eigenvalue weighted by molar-refractivity contribution is 7.15. The number of aromatic nitrogens is 1. The van der Waals surface area contributed by atoms with Crippen molar-refractivity contribution in [2.45, 2.75) is 45.9 Å². The number of nitrogens with one attached hydrogen (secondary N) is 2. The fraction of sp³-hybridized carbons (Fsp3) is 0.733. The maximum absolute atomic E-state index is 11.7. The zero-order chi connectivity index (χ0) is 17.6. The van der Waals surface area contributed by atoms with E-state index in [1.165, 1.54) is 0 Å². The molecule has 1 aromatic heterocycles. The Morgan fingerprint density at radius 2 is 2.04 bits per heavy atom. The van der Waals surface area contributed by atoms with Gasteiger partial charge in [0.05, 0.1) is 12.0 Å². The summed E-state index contributed by atoms with van der Waals surface area (Å²) in [6.45, 7) is 8.70. The molecule has 1 unspecified atom stereocenters. The zero-order valence-electron chi connectivity index (χ0n) is 15.0. The van der Waals surface area contributed by atoms with Crippen LogP contribution in [-0.4, -0.2) is 50.5 Å². The minimum absolute atomic E-state index is 0.0444. The molecule has 2 N–H and O–H groups in total. The highest BCUT2D eigenvalue weighted by atomic mass is 32.1. The molecule has 7 nitrogen and oxygen atoms in total. The fourth-order valence-electron chi connectivity index (χ4n) is 1.75. The van der Waals surface area contributed by atoms with Crippen LogP contribution in [0.2, 0.25) is 0 Å². The number of methoxy groups -OCH3 is 1. The second-order valence-corrected chi connectivity index (χ2v) is 7.56. The van der Waals surface area contributed by atoms with Gasteiger partial charge in [-0.1, -0.05) is 11.3 Å². The summed E-state index contributed by atoms with van der Waals surface area (Å²) in [4.78, 5) is 19.1. The Morgan fingerprint density at radius 1 is 1.39 bits per heavy atom. The minimum Gasteiger partial charge on any atom is -0.480 e. The molecular formula is C15H28N4O3S. The lowest BCUT2D eigenvalue weighted by Gasteiger charge is -2.22. The van der Waals surface area contributed by atoms with Gasteiger partial charge < -0.3 is 25.0 Å². The summed E-state index contributed by atoms with van der Waals surface area (Å²) in [5.74, 6) is 0.638. The molecule has 0 fully saturated rings. The monoisotopic (exact) mass is 344 g/mol. The van der Waals surface area contributed by atoms with E-state index in [2.05, 4.69) is 15.6 Å². The maximum Gasteiger partial charge on any atom is 0.407 e. The topological polar surface area (TPSA) is 75.7 Å². The van der Waals surface area contributed by atoms with Crippen molar-refractivity contribution in [2.75, 3.05) is 32.6 Å². The molecule has 8 heteroatoms. The van der Waals surface area contributed by atoms with Crippen molar-refractivity contribution in [1.29, 1.82) is 0 Å². The summed E-state index contributed by atoms with van der Waals surface area (Å²) in [5.41, 5.74) is -0.490. The lowest BCUT2D eigenvalue weighted by atomic mass is 10.2. The number of thiazole rings is 1. The van der Waals surface area contributed by atoms with Crippen LogP contribution in [0.15, 0.2) is 0 Å². The summed E-state index contributed by atoms with van der Waals surface area (Å²) >= 11 is 1.58. The van der Waals surface area contributed by atoms with Gasteiger partial charge in [0.2, 0.25) is 5.88 Å². The number of anilines is 1. The third-order valence-electron chi connectivity index (χ3n) is 2.73. The fourth-order valence-corrected chi connectivity index (χ4v) is 2.67. The van der Waals surface area contributed by atoms with E-state index in [1.54, 1.807) is 18.4 Å².